The maximum atomic E-state index is 11.8. The lowest BCUT2D eigenvalue weighted by Gasteiger charge is -2.42. The molecule has 3 rings (SSSR count). The van der Waals surface area contributed by atoms with Crippen LogP contribution in [0.15, 0.2) is 28.7 Å². The van der Waals surface area contributed by atoms with Gasteiger partial charge in [-0.2, -0.15) is 0 Å². The van der Waals surface area contributed by atoms with Crippen LogP contribution in [0.4, 0.5) is 10.5 Å². The van der Waals surface area contributed by atoms with Crippen LogP contribution >= 0.6 is 15.9 Å². The number of hydrogen-bond acceptors (Lipinski definition) is 2. The zero-order valence-corrected chi connectivity index (χ0v) is 10.4. The van der Waals surface area contributed by atoms with Crippen molar-refractivity contribution in [1.82, 2.24) is 0 Å². The van der Waals surface area contributed by atoms with Crippen LogP contribution in [0.25, 0.3) is 0 Å². The molecule has 0 atom stereocenters. The van der Waals surface area contributed by atoms with E-state index in [1.54, 1.807) is 0 Å². The van der Waals surface area contributed by atoms with E-state index in [0.717, 1.165) is 23.0 Å². The van der Waals surface area contributed by atoms with Crippen molar-refractivity contribution in [2.45, 2.75) is 24.8 Å². The molecule has 84 valence electrons. The molecule has 1 aliphatic carbocycles. The van der Waals surface area contributed by atoms with Gasteiger partial charge in [0.2, 0.25) is 0 Å². The van der Waals surface area contributed by atoms with Gasteiger partial charge in [-0.25, -0.2) is 4.79 Å². The molecule has 0 radical (unpaired) electrons. The van der Waals surface area contributed by atoms with Crippen molar-refractivity contribution >= 4 is 27.7 Å². The lowest BCUT2D eigenvalue weighted by atomic mass is 9.76. The second kappa shape index (κ2) is 3.48. The third-order valence-corrected chi connectivity index (χ3v) is 3.97. The molecule has 1 saturated carbocycles. The van der Waals surface area contributed by atoms with E-state index in [4.69, 9.17) is 4.74 Å². The van der Waals surface area contributed by atoms with Gasteiger partial charge in [0, 0.05) is 10.2 Å². The SMILES string of the molecule is O=C1OCC2(CCC2)N1c1cccc(Br)c1. The monoisotopic (exact) mass is 281 g/mol. The van der Waals surface area contributed by atoms with Crippen LogP contribution in [-0.4, -0.2) is 18.2 Å². The van der Waals surface area contributed by atoms with Crippen LogP contribution < -0.4 is 4.90 Å². The van der Waals surface area contributed by atoms with Crippen LogP contribution in [0.3, 0.4) is 0 Å². The fraction of sp³-hybridized carbons (Fsp3) is 0.417. The van der Waals surface area contributed by atoms with Crippen molar-refractivity contribution in [2.24, 2.45) is 0 Å². The number of halogens is 1. The summed E-state index contributed by atoms with van der Waals surface area (Å²) in [7, 11) is 0. The topological polar surface area (TPSA) is 29.5 Å². The van der Waals surface area contributed by atoms with Crippen molar-refractivity contribution in [1.29, 1.82) is 0 Å². The first-order valence-corrected chi connectivity index (χ1v) is 6.23. The van der Waals surface area contributed by atoms with E-state index in [9.17, 15) is 4.79 Å². The molecular formula is C12H12BrNO2. The molecule has 0 N–H and O–H groups in total. The zero-order chi connectivity index (χ0) is 11.2. The first-order chi connectivity index (χ1) is 7.71. The molecule has 1 heterocycles. The number of carbonyl (C=O) groups is 1. The first kappa shape index (κ1) is 10.1. The fourth-order valence-corrected chi connectivity index (χ4v) is 2.85. The van der Waals surface area contributed by atoms with Gasteiger partial charge < -0.3 is 4.74 Å². The van der Waals surface area contributed by atoms with Gasteiger partial charge in [-0.15, -0.1) is 0 Å². The summed E-state index contributed by atoms with van der Waals surface area (Å²) in [6.45, 7) is 0.540. The third kappa shape index (κ3) is 1.36. The third-order valence-electron chi connectivity index (χ3n) is 3.47. The number of anilines is 1. The summed E-state index contributed by atoms with van der Waals surface area (Å²) in [5.41, 5.74) is 0.870. The van der Waals surface area contributed by atoms with Gasteiger partial charge >= 0.3 is 6.09 Å². The Balaban J connectivity index is 2.01. The Bertz CT molecular complexity index is 442. The Morgan fingerprint density at radius 3 is 2.81 bits per heavy atom. The van der Waals surface area contributed by atoms with E-state index < -0.39 is 0 Å². The minimum Gasteiger partial charge on any atom is -0.447 e. The second-order valence-corrected chi connectivity index (χ2v) is 5.36. The highest BCUT2D eigenvalue weighted by atomic mass is 79.9. The van der Waals surface area contributed by atoms with Gasteiger partial charge in [0.05, 0.1) is 5.54 Å². The number of cyclic esters (lactones) is 1. The smallest absolute Gasteiger partial charge is 0.415 e. The number of benzene rings is 1. The standard InChI is InChI=1S/C12H12BrNO2/c13-9-3-1-4-10(7-9)14-11(15)16-8-12(14)5-2-6-12/h1,3-4,7H,2,5-6,8H2. The summed E-state index contributed by atoms with van der Waals surface area (Å²) in [6.07, 6.45) is 3.07. The van der Waals surface area contributed by atoms with E-state index in [-0.39, 0.29) is 11.6 Å². The van der Waals surface area contributed by atoms with Crippen molar-refractivity contribution < 1.29 is 9.53 Å². The molecule has 2 aliphatic rings. The minimum absolute atomic E-state index is 0.0577. The molecule has 1 aromatic rings. The number of rotatable bonds is 1. The van der Waals surface area contributed by atoms with Crippen molar-refractivity contribution in [2.75, 3.05) is 11.5 Å². The van der Waals surface area contributed by atoms with Gasteiger partial charge in [0.25, 0.3) is 0 Å². The van der Waals surface area contributed by atoms with Crippen molar-refractivity contribution in [3.05, 3.63) is 28.7 Å². The van der Waals surface area contributed by atoms with Crippen molar-refractivity contribution in [3.63, 3.8) is 0 Å². The summed E-state index contributed by atoms with van der Waals surface area (Å²) in [5.74, 6) is 0. The lowest BCUT2D eigenvalue weighted by Crippen LogP contribution is -2.52. The number of amides is 1. The Morgan fingerprint density at radius 2 is 2.19 bits per heavy atom. The number of hydrogen-bond donors (Lipinski definition) is 0. The maximum Gasteiger partial charge on any atom is 0.415 e. The molecule has 1 aromatic carbocycles. The summed E-state index contributed by atoms with van der Waals surface area (Å²) < 4.78 is 6.17. The molecule has 1 saturated heterocycles. The molecule has 0 bridgehead atoms. The molecule has 0 unspecified atom stereocenters. The number of carbonyl (C=O) groups excluding carboxylic acids is 1. The number of nitrogens with zero attached hydrogens (tertiary/aromatic N) is 1. The fourth-order valence-electron chi connectivity index (χ4n) is 2.47. The minimum atomic E-state index is -0.210. The molecule has 0 aromatic heterocycles. The van der Waals surface area contributed by atoms with Crippen LogP contribution in [0.1, 0.15) is 19.3 Å². The Hall–Kier alpha value is -1.03. The predicted octanol–water partition coefficient (Wildman–Crippen LogP) is 3.33. The second-order valence-electron chi connectivity index (χ2n) is 4.45. The molecule has 4 heteroatoms. The van der Waals surface area contributed by atoms with E-state index in [2.05, 4.69) is 15.9 Å². The normalized spacial score (nSPS) is 22.1. The highest BCUT2D eigenvalue weighted by Crippen LogP contribution is 2.44. The predicted molar refractivity (Wildman–Crippen MR) is 64.6 cm³/mol. The van der Waals surface area contributed by atoms with E-state index in [0.29, 0.717) is 6.61 Å². The van der Waals surface area contributed by atoms with Gasteiger partial charge in [0.15, 0.2) is 0 Å². The van der Waals surface area contributed by atoms with E-state index in [1.807, 2.05) is 29.2 Å². The zero-order valence-electron chi connectivity index (χ0n) is 8.78. The average molecular weight is 282 g/mol. The Labute approximate surface area is 103 Å². The van der Waals surface area contributed by atoms with E-state index in [1.165, 1.54) is 6.42 Å². The summed E-state index contributed by atoms with van der Waals surface area (Å²) >= 11 is 3.43. The van der Waals surface area contributed by atoms with Crippen LogP contribution in [0, 0.1) is 0 Å². The highest BCUT2D eigenvalue weighted by Gasteiger charge is 2.52. The Morgan fingerprint density at radius 1 is 1.38 bits per heavy atom. The number of ether oxygens (including phenoxy) is 1. The molecule has 3 nitrogen and oxygen atoms in total. The molecule has 1 spiro atoms. The molecule has 2 fully saturated rings. The van der Waals surface area contributed by atoms with Gasteiger partial charge in [0.1, 0.15) is 6.61 Å². The van der Waals surface area contributed by atoms with Gasteiger partial charge in [-0.1, -0.05) is 22.0 Å². The van der Waals surface area contributed by atoms with Gasteiger partial charge in [-0.05, 0) is 37.5 Å². The first-order valence-electron chi connectivity index (χ1n) is 5.44. The van der Waals surface area contributed by atoms with Crippen molar-refractivity contribution in [3.8, 4) is 0 Å². The average Bonchev–Trinajstić information content (AvgIpc) is 2.55. The quantitative estimate of drug-likeness (QED) is 0.790. The lowest BCUT2D eigenvalue weighted by molar-refractivity contribution is 0.154. The molecule has 1 aliphatic heterocycles. The summed E-state index contributed by atoms with van der Waals surface area (Å²) in [4.78, 5) is 13.6. The molecule has 16 heavy (non-hydrogen) atoms. The largest absolute Gasteiger partial charge is 0.447 e. The molecular weight excluding hydrogens is 270 g/mol. The maximum absolute atomic E-state index is 11.8. The van der Waals surface area contributed by atoms with Crippen LogP contribution in [-0.2, 0) is 4.74 Å². The van der Waals surface area contributed by atoms with Gasteiger partial charge in [-0.3, -0.25) is 4.90 Å². The summed E-state index contributed by atoms with van der Waals surface area (Å²) in [5, 5.41) is 0. The Kier molecular flexibility index (Phi) is 2.21. The highest BCUT2D eigenvalue weighted by molar-refractivity contribution is 9.10. The van der Waals surface area contributed by atoms with Crippen LogP contribution in [0.5, 0.6) is 0 Å². The summed E-state index contributed by atoms with van der Waals surface area (Å²) in [6, 6.07) is 7.82. The van der Waals surface area contributed by atoms with E-state index >= 15 is 0 Å². The molecule has 1 amide bonds. The van der Waals surface area contributed by atoms with Crippen LogP contribution in [0.2, 0.25) is 0 Å².